The Kier molecular flexibility index (Phi) is 6.65. The molecule has 146 valence electrons. The molecule has 0 aromatic heterocycles. The van der Waals surface area contributed by atoms with E-state index in [1.54, 1.807) is 18.2 Å². The first-order chi connectivity index (χ1) is 12.5. The Morgan fingerprint density at radius 1 is 1.00 bits per heavy atom. The highest BCUT2D eigenvalue weighted by molar-refractivity contribution is 7.92. The van der Waals surface area contributed by atoms with E-state index in [0.717, 1.165) is 17.4 Å². The molecule has 0 saturated heterocycles. The lowest BCUT2D eigenvalue weighted by atomic mass is 9.86. The third kappa shape index (κ3) is 7.06. The van der Waals surface area contributed by atoms with Crippen molar-refractivity contribution in [2.24, 2.45) is 0 Å². The molecule has 0 heterocycles. The Labute approximate surface area is 162 Å². The average molecular weight is 389 g/mol. The zero-order chi connectivity index (χ0) is 20.1. The highest BCUT2D eigenvalue weighted by Crippen LogP contribution is 2.22. The molecule has 2 aromatic carbocycles. The van der Waals surface area contributed by atoms with Crippen LogP contribution >= 0.6 is 0 Å². The van der Waals surface area contributed by atoms with E-state index >= 15 is 0 Å². The van der Waals surface area contributed by atoms with Gasteiger partial charge in [-0.05, 0) is 34.6 Å². The molecule has 27 heavy (non-hydrogen) atoms. The van der Waals surface area contributed by atoms with E-state index in [2.05, 4.69) is 55.1 Å². The molecule has 0 spiro atoms. The van der Waals surface area contributed by atoms with Gasteiger partial charge >= 0.3 is 0 Å². The van der Waals surface area contributed by atoms with Crippen LogP contribution in [0, 0.1) is 0 Å². The summed E-state index contributed by atoms with van der Waals surface area (Å²) < 4.78 is 25.3. The summed E-state index contributed by atoms with van der Waals surface area (Å²) in [7, 11) is -3.36. The standard InChI is InChI=1S/C21H28N2O3S/c1-21(2,3)18-12-9-16(10-13-18)11-14-20(24)22-15-17-7-5-6-8-19(17)23-27(4,25)26/h5-10,12-13,23H,11,14-15H2,1-4H3,(H,22,24). The molecule has 0 radical (unpaired) electrons. The van der Waals surface area contributed by atoms with Crippen LogP contribution in [-0.2, 0) is 33.2 Å². The monoisotopic (exact) mass is 388 g/mol. The largest absolute Gasteiger partial charge is 0.352 e. The highest BCUT2D eigenvalue weighted by atomic mass is 32.2. The molecule has 6 heteroatoms. The number of nitrogens with one attached hydrogen (secondary N) is 2. The van der Waals surface area contributed by atoms with Gasteiger partial charge in [-0.25, -0.2) is 8.42 Å². The molecule has 2 aromatic rings. The van der Waals surface area contributed by atoms with Gasteiger partial charge in [0.2, 0.25) is 15.9 Å². The topological polar surface area (TPSA) is 75.3 Å². The quantitative estimate of drug-likeness (QED) is 0.761. The lowest BCUT2D eigenvalue weighted by Gasteiger charge is -2.19. The van der Waals surface area contributed by atoms with Crippen LogP contribution in [0.5, 0.6) is 0 Å². The van der Waals surface area contributed by atoms with Gasteiger partial charge in [0, 0.05) is 13.0 Å². The van der Waals surface area contributed by atoms with E-state index < -0.39 is 10.0 Å². The van der Waals surface area contributed by atoms with Gasteiger partial charge in [0.05, 0.1) is 11.9 Å². The fraction of sp³-hybridized carbons (Fsp3) is 0.381. The molecule has 2 N–H and O–H groups in total. The molecule has 1 amide bonds. The van der Waals surface area contributed by atoms with Crippen molar-refractivity contribution >= 4 is 21.6 Å². The smallest absolute Gasteiger partial charge is 0.229 e. The second-order valence-electron chi connectivity index (χ2n) is 7.76. The lowest BCUT2D eigenvalue weighted by molar-refractivity contribution is -0.121. The van der Waals surface area contributed by atoms with Gasteiger partial charge in [-0.1, -0.05) is 63.2 Å². The minimum atomic E-state index is -3.36. The summed E-state index contributed by atoms with van der Waals surface area (Å²) in [6.45, 7) is 6.80. The number of hydrogen-bond acceptors (Lipinski definition) is 3. The summed E-state index contributed by atoms with van der Waals surface area (Å²) in [4.78, 5) is 12.2. The second kappa shape index (κ2) is 8.57. The Morgan fingerprint density at radius 2 is 1.63 bits per heavy atom. The van der Waals surface area contributed by atoms with E-state index in [0.29, 0.717) is 18.5 Å². The predicted molar refractivity (Wildman–Crippen MR) is 110 cm³/mol. The summed E-state index contributed by atoms with van der Waals surface area (Å²) in [5, 5.41) is 2.86. The van der Waals surface area contributed by atoms with Crippen molar-refractivity contribution in [3.8, 4) is 0 Å². The number of para-hydroxylation sites is 1. The van der Waals surface area contributed by atoms with Crippen molar-refractivity contribution in [2.45, 2.75) is 45.6 Å². The maximum Gasteiger partial charge on any atom is 0.229 e. The van der Waals surface area contributed by atoms with Gasteiger partial charge in [-0.15, -0.1) is 0 Å². The molecule has 2 rings (SSSR count). The van der Waals surface area contributed by atoms with Crippen molar-refractivity contribution in [2.75, 3.05) is 11.0 Å². The first-order valence-electron chi connectivity index (χ1n) is 8.96. The van der Waals surface area contributed by atoms with Crippen LogP contribution in [0.3, 0.4) is 0 Å². The molecule has 0 fully saturated rings. The van der Waals surface area contributed by atoms with Gasteiger partial charge in [0.1, 0.15) is 0 Å². The number of carbonyl (C=O) groups is 1. The third-order valence-corrected chi connectivity index (χ3v) is 4.84. The summed E-state index contributed by atoms with van der Waals surface area (Å²) in [5.74, 6) is -0.0657. The molecule has 0 aliphatic rings. The van der Waals surface area contributed by atoms with Crippen molar-refractivity contribution < 1.29 is 13.2 Å². The molecule has 0 aliphatic carbocycles. The number of aryl methyl sites for hydroxylation is 1. The molecular weight excluding hydrogens is 360 g/mol. The van der Waals surface area contributed by atoms with E-state index in [9.17, 15) is 13.2 Å². The SMILES string of the molecule is CC(C)(C)c1ccc(CCC(=O)NCc2ccccc2NS(C)(=O)=O)cc1. The number of carbonyl (C=O) groups excluding carboxylic acids is 1. The van der Waals surface area contributed by atoms with E-state index in [1.165, 1.54) is 5.56 Å². The third-order valence-electron chi connectivity index (χ3n) is 4.25. The fourth-order valence-electron chi connectivity index (χ4n) is 2.69. The second-order valence-corrected chi connectivity index (χ2v) is 9.50. The maximum atomic E-state index is 12.2. The van der Waals surface area contributed by atoms with Crippen LogP contribution in [0.4, 0.5) is 5.69 Å². The van der Waals surface area contributed by atoms with Gasteiger partial charge in [-0.3, -0.25) is 9.52 Å². The molecule has 0 saturated carbocycles. The molecular formula is C21H28N2O3S. The Morgan fingerprint density at radius 3 is 2.22 bits per heavy atom. The molecule has 0 bridgehead atoms. The van der Waals surface area contributed by atoms with Gasteiger partial charge in [0.25, 0.3) is 0 Å². The van der Waals surface area contributed by atoms with Crippen LogP contribution in [-0.4, -0.2) is 20.6 Å². The minimum Gasteiger partial charge on any atom is -0.352 e. The molecule has 5 nitrogen and oxygen atoms in total. The van der Waals surface area contributed by atoms with Crippen molar-refractivity contribution in [3.63, 3.8) is 0 Å². The number of anilines is 1. The van der Waals surface area contributed by atoms with E-state index in [1.807, 2.05) is 6.07 Å². The van der Waals surface area contributed by atoms with Gasteiger partial charge in [-0.2, -0.15) is 0 Å². The number of rotatable bonds is 7. The minimum absolute atomic E-state index is 0.0657. The van der Waals surface area contributed by atoms with Gasteiger partial charge < -0.3 is 5.32 Å². The van der Waals surface area contributed by atoms with Crippen molar-refractivity contribution in [1.82, 2.24) is 5.32 Å². The molecule has 0 unspecified atom stereocenters. The van der Waals surface area contributed by atoms with Crippen molar-refractivity contribution in [3.05, 3.63) is 65.2 Å². The Bertz CT molecular complexity index is 882. The molecule has 0 atom stereocenters. The number of amides is 1. The van der Waals surface area contributed by atoms with Crippen LogP contribution in [0.2, 0.25) is 0 Å². The highest BCUT2D eigenvalue weighted by Gasteiger charge is 2.13. The maximum absolute atomic E-state index is 12.2. The zero-order valence-corrected chi connectivity index (χ0v) is 17.2. The number of sulfonamides is 1. The Balaban J connectivity index is 1.88. The first kappa shape index (κ1) is 21.0. The lowest BCUT2D eigenvalue weighted by Crippen LogP contribution is -2.24. The predicted octanol–water partition coefficient (Wildman–Crippen LogP) is 3.60. The van der Waals surface area contributed by atoms with Crippen LogP contribution in [0.1, 0.15) is 43.9 Å². The summed E-state index contributed by atoms with van der Waals surface area (Å²) in [5.41, 5.74) is 3.72. The number of benzene rings is 2. The normalized spacial score (nSPS) is 11.9. The van der Waals surface area contributed by atoms with Crippen molar-refractivity contribution in [1.29, 1.82) is 0 Å². The van der Waals surface area contributed by atoms with Gasteiger partial charge in [0.15, 0.2) is 0 Å². The average Bonchev–Trinajstić information content (AvgIpc) is 2.57. The van der Waals surface area contributed by atoms with Crippen LogP contribution in [0.15, 0.2) is 48.5 Å². The van der Waals surface area contributed by atoms with Crippen LogP contribution in [0.25, 0.3) is 0 Å². The summed E-state index contributed by atoms with van der Waals surface area (Å²) in [6, 6.07) is 15.4. The Hall–Kier alpha value is -2.34. The fourth-order valence-corrected chi connectivity index (χ4v) is 3.28. The number of hydrogen-bond donors (Lipinski definition) is 2. The van der Waals surface area contributed by atoms with Crippen LogP contribution < -0.4 is 10.0 Å². The first-order valence-corrected chi connectivity index (χ1v) is 10.9. The summed E-state index contributed by atoms with van der Waals surface area (Å²) in [6.07, 6.45) is 2.16. The summed E-state index contributed by atoms with van der Waals surface area (Å²) >= 11 is 0. The zero-order valence-electron chi connectivity index (χ0n) is 16.4. The van der Waals surface area contributed by atoms with E-state index in [4.69, 9.17) is 0 Å². The molecule has 0 aliphatic heterocycles. The van der Waals surface area contributed by atoms with E-state index in [-0.39, 0.29) is 17.9 Å².